The first-order valence-corrected chi connectivity index (χ1v) is 9.62. The first-order chi connectivity index (χ1) is 15.0. The second kappa shape index (κ2) is 12.3. The van der Waals surface area contributed by atoms with Crippen molar-refractivity contribution in [1.82, 2.24) is 10.6 Å². The molecule has 0 heterocycles. The molecule has 176 valence electrons. The fourth-order valence-corrected chi connectivity index (χ4v) is 2.32. The van der Waals surface area contributed by atoms with Crippen LogP contribution in [-0.4, -0.2) is 61.8 Å². The van der Waals surface area contributed by atoms with Gasteiger partial charge in [-0.15, -0.1) is 0 Å². The van der Waals surface area contributed by atoms with Crippen LogP contribution in [0.4, 0.5) is 4.79 Å². The molecule has 2 N–H and O–H groups in total. The molecule has 11 heteroatoms. The zero-order valence-corrected chi connectivity index (χ0v) is 18.6. The number of alkyl carbamates (subject to hydrolysis) is 1. The Hall–Kier alpha value is -3.63. The summed E-state index contributed by atoms with van der Waals surface area (Å²) in [6.45, 7) is 4.79. The molecule has 0 unspecified atom stereocenters. The van der Waals surface area contributed by atoms with E-state index in [9.17, 15) is 24.0 Å². The van der Waals surface area contributed by atoms with Crippen LogP contribution in [0.1, 0.15) is 32.8 Å². The van der Waals surface area contributed by atoms with Crippen LogP contribution in [-0.2, 0) is 44.7 Å². The van der Waals surface area contributed by atoms with Crippen molar-refractivity contribution in [1.29, 1.82) is 0 Å². The van der Waals surface area contributed by atoms with E-state index in [4.69, 9.17) is 9.47 Å². The van der Waals surface area contributed by atoms with Gasteiger partial charge in [0.25, 0.3) is 0 Å². The molecule has 0 aliphatic carbocycles. The predicted octanol–water partition coefficient (Wildman–Crippen LogP) is 0.844. The number of carbonyl (C=O) groups excluding carboxylic acids is 5. The van der Waals surface area contributed by atoms with Crippen LogP contribution in [0.2, 0.25) is 0 Å². The Balaban J connectivity index is 2.93. The van der Waals surface area contributed by atoms with Gasteiger partial charge in [-0.05, 0) is 26.3 Å². The van der Waals surface area contributed by atoms with Crippen LogP contribution < -0.4 is 10.6 Å². The fraction of sp³-hybridized carbons (Fsp3) is 0.476. The Kier molecular flexibility index (Phi) is 10.1. The number of rotatable bonds is 9. The van der Waals surface area contributed by atoms with Crippen molar-refractivity contribution >= 4 is 29.9 Å². The Morgan fingerprint density at radius 2 is 1.47 bits per heavy atom. The first kappa shape index (κ1) is 26.4. The van der Waals surface area contributed by atoms with Gasteiger partial charge >= 0.3 is 24.0 Å². The van der Waals surface area contributed by atoms with Crippen molar-refractivity contribution in [3.05, 3.63) is 35.9 Å². The fourth-order valence-electron chi connectivity index (χ4n) is 2.32. The lowest BCUT2D eigenvalue weighted by Gasteiger charge is -2.24. The Morgan fingerprint density at radius 3 is 1.97 bits per heavy atom. The van der Waals surface area contributed by atoms with Gasteiger partial charge in [-0.25, -0.2) is 14.4 Å². The highest BCUT2D eigenvalue weighted by Crippen LogP contribution is 2.09. The monoisotopic (exact) mass is 452 g/mol. The van der Waals surface area contributed by atoms with E-state index < -0.39 is 54.0 Å². The van der Waals surface area contributed by atoms with E-state index in [0.717, 1.165) is 19.8 Å². The van der Waals surface area contributed by atoms with Crippen LogP contribution >= 0.6 is 0 Å². The summed E-state index contributed by atoms with van der Waals surface area (Å²) < 4.78 is 19.2. The topological polar surface area (TPSA) is 146 Å². The normalized spacial score (nSPS) is 11.7. The summed E-state index contributed by atoms with van der Waals surface area (Å²) in [6.07, 6.45) is -1.58. The van der Waals surface area contributed by atoms with E-state index in [1.165, 1.54) is 0 Å². The Morgan fingerprint density at radius 1 is 0.906 bits per heavy atom. The van der Waals surface area contributed by atoms with Gasteiger partial charge in [0.1, 0.15) is 18.2 Å². The van der Waals surface area contributed by atoms with Gasteiger partial charge in [-0.1, -0.05) is 30.3 Å². The van der Waals surface area contributed by atoms with Crippen molar-refractivity contribution in [2.45, 2.75) is 51.5 Å². The van der Waals surface area contributed by atoms with E-state index in [1.807, 2.05) is 0 Å². The third-order valence-electron chi connectivity index (χ3n) is 3.78. The highest BCUT2D eigenvalue weighted by molar-refractivity contribution is 6.03. The number of hydrogen-bond donors (Lipinski definition) is 2. The van der Waals surface area contributed by atoms with Crippen LogP contribution in [0.15, 0.2) is 30.3 Å². The zero-order valence-electron chi connectivity index (χ0n) is 18.6. The molecule has 0 aliphatic rings. The number of benzene rings is 1. The Bertz CT molecular complexity index is 802. The summed E-state index contributed by atoms with van der Waals surface area (Å²) in [7, 11) is 2.03. The molecule has 1 aromatic carbocycles. The van der Waals surface area contributed by atoms with Crippen LogP contribution in [0.5, 0.6) is 0 Å². The molecule has 11 nitrogen and oxygen atoms in total. The van der Waals surface area contributed by atoms with Gasteiger partial charge in [0.05, 0.1) is 20.6 Å². The molecule has 1 rings (SSSR count). The predicted molar refractivity (Wildman–Crippen MR) is 110 cm³/mol. The highest BCUT2D eigenvalue weighted by Gasteiger charge is 2.35. The molecule has 0 saturated heterocycles. The van der Waals surface area contributed by atoms with Crippen molar-refractivity contribution < 1.29 is 42.9 Å². The molecule has 0 bridgehead atoms. The van der Waals surface area contributed by atoms with Gasteiger partial charge in [0.2, 0.25) is 11.9 Å². The first-order valence-electron chi connectivity index (χ1n) is 9.62. The number of carbonyl (C=O) groups is 5. The quantitative estimate of drug-likeness (QED) is 0.316. The largest absolute Gasteiger partial charge is 0.467 e. The lowest BCUT2D eigenvalue weighted by molar-refractivity contribution is -0.157. The maximum absolute atomic E-state index is 12.7. The average molecular weight is 452 g/mol. The lowest BCUT2D eigenvalue weighted by Crippen LogP contribution is -2.55. The molecule has 32 heavy (non-hydrogen) atoms. The van der Waals surface area contributed by atoms with E-state index in [-0.39, 0.29) is 6.61 Å². The van der Waals surface area contributed by atoms with Crippen LogP contribution in [0.25, 0.3) is 0 Å². The number of esters is 3. The van der Waals surface area contributed by atoms with Crippen molar-refractivity contribution in [3.8, 4) is 0 Å². The summed E-state index contributed by atoms with van der Waals surface area (Å²) in [5.41, 5.74) is -0.155. The molecule has 0 aromatic heterocycles. The number of ether oxygens (including phenoxy) is 4. The van der Waals surface area contributed by atoms with Gasteiger partial charge in [-0.3, -0.25) is 9.59 Å². The van der Waals surface area contributed by atoms with Crippen molar-refractivity contribution in [2.75, 3.05) is 14.2 Å². The molecule has 0 aliphatic heterocycles. The molecule has 2 amide bonds. The molecule has 0 fully saturated rings. The lowest BCUT2D eigenvalue weighted by atomic mass is 10.1. The van der Waals surface area contributed by atoms with Crippen molar-refractivity contribution in [3.63, 3.8) is 0 Å². The maximum atomic E-state index is 12.7. The molecule has 0 spiro atoms. The van der Waals surface area contributed by atoms with Gasteiger partial charge < -0.3 is 29.6 Å². The molecule has 0 saturated carbocycles. The van der Waals surface area contributed by atoms with Gasteiger partial charge in [0, 0.05) is 0 Å². The molecule has 1 atom stereocenters. The minimum atomic E-state index is -1.79. The van der Waals surface area contributed by atoms with Gasteiger partial charge in [0.15, 0.2) is 0 Å². The number of hydrogen-bond acceptors (Lipinski definition) is 9. The van der Waals surface area contributed by atoms with Crippen LogP contribution in [0.3, 0.4) is 0 Å². The smallest absolute Gasteiger partial charge is 0.408 e. The minimum absolute atomic E-state index is 0.0482. The third kappa shape index (κ3) is 9.45. The summed E-state index contributed by atoms with van der Waals surface area (Å²) >= 11 is 0. The van der Waals surface area contributed by atoms with E-state index in [2.05, 4.69) is 20.1 Å². The SMILES string of the molecule is COC(=O)C(NC(=O)[C@H](CC(=O)OCc1ccccc1)NC(=O)OC(C)(C)C)C(=O)OC. The average Bonchev–Trinajstić information content (AvgIpc) is 2.73. The summed E-state index contributed by atoms with van der Waals surface area (Å²) in [6, 6.07) is 5.52. The molecular weight excluding hydrogens is 424 g/mol. The Labute approximate surface area is 185 Å². The summed E-state index contributed by atoms with van der Waals surface area (Å²) in [5, 5.41) is 4.34. The zero-order chi connectivity index (χ0) is 24.3. The van der Waals surface area contributed by atoms with Crippen LogP contribution in [0, 0.1) is 0 Å². The molecular formula is C21H28N2O9. The summed E-state index contributed by atoms with van der Waals surface area (Å²) in [4.78, 5) is 60.8. The van der Waals surface area contributed by atoms with E-state index in [0.29, 0.717) is 0 Å². The molecule has 1 aromatic rings. The second-order valence-electron chi connectivity index (χ2n) is 7.54. The molecule has 0 radical (unpaired) electrons. The van der Waals surface area contributed by atoms with Gasteiger partial charge in [-0.2, -0.15) is 0 Å². The van der Waals surface area contributed by atoms with E-state index >= 15 is 0 Å². The maximum Gasteiger partial charge on any atom is 0.408 e. The standard InChI is InChI=1S/C21H28N2O9/c1-21(2,3)32-20(28)22-14(11-15(24)31-12-13-9-7-6-8-10-13)17(25)23-16(18(26)29-4)19(27)30-5/h6-10,14,16H,11-12H2,1-5H3,(H,22,28)(H,23,25)/t14-/m0/s1. The number of amides is 2. The highest BCUT2D eigenvalue weighted by atomic mass is 16.6. The number of methoxy groups -OCH3 is 2. The minimum Gasteiger partial charge on any atom is -0.467 e. The third-order valence-corrected chi connectivity index (χ3v) is 3.78. The number of nitrogens with one attached hydrogen (secondary N) is 2. The summed E-state index contributed by atoms with van der Waals surface area (Å²) in [5.74, 6) is -4.01. The van der Waals surface area contributed by atoms with E-state index in [1.54, 1.807) is 51.1 Å². The second-order valence-corrected chi connectivity index (χ2v) is 7.54. The van der Waals surface area contributed by atoms with Crippen molar-refractivity contribution in [2.24, 2.45) is 0 Å².